The summed E-state index contributed by atoms with van der Waals surface area (Å²) < 4.78 is 0. The van der Waals surface area contributed by atoms with Crippen LogP contribution in [-0.2, 0) is 6.42 Å². The zero-order valence-corrected chi connectivity index (χ0v) is 13.7. The standard InChI is InChI=1S/C24H18/c1-16-19-12-7-8-14-21(19)24-20-13-6-5-11-18(20)15-22(24)23(16)17-9-3-2-4-10-17/h2-14H,15H2,1H3. The Morgan fingerprint density at radius 2 is 1.29 bits per heavy atom. The van der Waals surface area contributed by atoms with Gasteiger partial charge in [-0.15, -0.1) is 0 Å². The molecule has 0 heterocycles. The highest BCUT2D eigenvalue weighted by Crippen LogP contribution is 2.47. The molecule has 1 aliphatic rings. The molecule has 0 bridgehead atoms. The molecule has 0 spiro atoms. The lowest BCUT2D eigenvalue weighted by atomic mass is 9.86. The van der Waals surface area contributed by atoms with Gasteiger partial charge < -0.3 is 0 Å². The monoisotopic (exact) mass is 306 g/mol. The van der Waals surface area contributed by atoms with Gasteiger partial charge in [-0.25, -0.2) is 0 Å². The molecule has 0 heteroatoms. The van der Waals surface area contributed by atoms with Gasteiger partial charge in [-0.2, -0.15) is 0 Å². The highest BCUT2D eigenvalue weighted by molar-refractivity contribution is 6.07. The summed E-state index contributed by atoms with van der Waals surface area (Å²) in [4.78, 5) is 0. The molecule has 1 aliphatic carbocycles. The minimum atomic E-state index is 1.03. The van der Waals surface area contributed by atoms with Gasteiger partial charge in [-0.1, -0.05) is 78.9 Å². The van der Waals surface area contributed by atoms with E-state index >= 15 is 0 Å². The second-order valence-corrected chi connectivity index (χ2v) is 6.60. The van der Waals surface area contributed by atoms with Crippen LogP contribution < -0.4 is 0 Å². The first-order chi connectivity index (χ1) is 11.8. The molecule has 24 heavy (non-hydrogen) atoms. The molecule has 0 amide bonds. The van der Waals surface area contributed by atoms with E-state index in [4.69, 9.17) is 0 Å². The van der Waals surface area contributed by atoms with Gasteiger partial charge in [-0.05, 0) is 63.1 Å². The van der Waals surface area contributed by atoms with E-state index in [1.165, 1.54) is 49.7 Å². The van der Waals surface area contributed by atoms with Crippen LogP contribution in [0.1, 0.15) is 16.7 Å². The van der Waals surface area contributed by atoms with Crippen molar-refractivity contribution >= 4 is 10.8 Å². The van der Waals surface area contributed by atoms with Crippen LogP contribution in [-0.4, -0.2) is 0 Å². The highest BCUT2D eigenvalue weighted by Gasteiger charge is 2.25. The first kappa shape index (κ1) is 13.6. The summed E-state index contributed by atoms with van der Waals surface area (Å²) in [6.07, 6.45) is 1.03. The van der Waals surface area contributed by atoms with Crippen molar-refractivity contribution in [3.63, 3.8) is 0 Å². The van der Waals surface area contributed by atoms with Gasteiger partial charge in [0, 0.05) is 0 Å². The lowest BCUT2D eigenvalue weighted by Gasteiger charge is -2.17. The molecule has 0 saturated carbocycles. The summed E-state index contributed by atoms with van der Waals surface area (Å²) in [5.41, 5.74) is 9.90. The van der Waals surface area contributed by atoms with Crippen LogP contribution in [0, 0.1) is 6.92 Å². The summed E-state index contributed by atoms with van der Waals surface area (Å²) >= 11 is 0. The number of rotatable bonds is 1. The fourth-order valence-corrected chi connectivity index (χ4v) is 4.27. The van der Waals surface area contributed by atoms with Crippen LogP contribution in [0.5, 0.6) is 0 Å². The minimum absolute atomic E-state index is 1.03. The molecule has 0 aromatic heterocycles. The molecule has 0 aliphatic heterocycles. The lowest BCUT2D eigenvalue weighted by molar-refractivity contribution is 1.26. The SMILES string of the molecule is Cc1c(-c2ccccc2)c2c(c3ccccc13)-c1ccccc1C2. The van der Waals surface area contributed by atoms with E-state index in [0.29, 0.717) is 0 Å². The van der Waals surface area contributed by atoms with E-state index in [0.717, 1.165) is 6.42 Å². The quantitative estimate of drug-likeness (QED) is 0.337. The topological polar surface area (TPSA) is 0 Å². The van der Waals surface area contributed by atoms with Gasteiger partial charge in [0.15, 0.2) is 0 Å². The number of aryl methyl sites for hydroxylation is 1. The summed E-state index contributed by atoms with van der Waals surface area (Å²) in [7, 11) is 0. The first-order valence-electron chi connectivity index (χ1n) is 8.52. The third-order valence-corrected chi connectivity index (χ3v) is 5.30. The van der Waals surface area contributed by atoms with Gasteiger partial charge in [0.1, 0.15) is 0 Å². The third kappa shape index (κ3) is 1.80. The van der Waals surface area contributed by atoms with E-state index in [1.807, 2.05) is 0 Å². The Morgan fingerprint density at radius 1 is 0.625 bits per heavy atom. The molecule has 0 saturated heterocycles. The minimum Gasteiger partial charge on any atom is -0.0622 e. The van der Waals surface area contributed by atoms with E-state index in [2.05, 4.69) is 85.8 Å². The molecule has 0 nitrogen and oxygen atoms in total. The molecular weight excluding hydrogens is 288 g/mol. The number of fused-ring (bicyclic) bond motifs is 5. The smallest absolute Gasteiger partial charge is 0.000695 e. The Morgan fingerprint density at radius 3 is 2.12 bits per heavy atom. The molecular formula is C24H18. The molecule has 0 fully saturated rings. The molecule has 0 radical (unpaired) electrons. The van der Waals surface area contributed by atoms with Crippen molar-refractivity contribution in [3.8, 4) is 22.3 Å². The molecule has 0 unspecified atom stereocenters. The summed E-state index contributed by atoms with van der Waals surface area (Å²) in [5.74, 6) is 0. The maximum Gasteiger partial charge on any atom is -0.000695 e. The Labute approximate surface area is 142 Å². The Kier molecular flexibility index (Phi) is 2.87. The first-order valence-corrected chi connectivity index (χ1v) is 8.52. The maximum absolute atomic E-state index is 2.28. The maximum atomic E-state index is 2.28. The number of hydrogen-bond donors (Lipinski definition) is 0. The van der Waals surface area contributed by atoms with E-state index in [1.54, 1.807) is 0 Å². The third-order valence-electron chi connectivity index (χ3n) is 5.30. The highest BCUT2D eigenvalue weighted by atomic mass is 14.3. The van der Waals surface area contributed by atoms with E-state index in [-0.39, 0.29) is 0 Å². The lowest BCUT2D eigenvalue weighted by Crippen LogP contribution is -1.94. The van der Waals surface area contributed by atoms with Crippen LogP contribution in [0.2, 0.25) is 0 Å². The van der Waals surface area contributed by atoms with Crippen molar-refractivity contribution < 1.29 is 0 Å². The van der Waals surface area contributed by atoms with Crippen molar-refractivity contribution in [2.75, 3.05) is 0 Å². The van der Waals surface area contributed by atoms with Crippen LogP contribution in [0.25, 0.3) is 33.0 Å². The normalized spacial score (nSPS) is 12.2. The molecule has 5 rings (SSSR count). The predicted molar refractivity (Wildman–Crippen MR) is 102 cm³/mol. The van der Waals surface area contributed by atoms with E-state index < -0.39 is 0 Å². The van der Waals surface area contributed by atoms with Crippen molar-refractivity contribution in [1.82, 2.24) is 0 Å². The average Bonchev–Trinajstić information content (AvgIpc) is 3.02. The Balaban J connectivity index is 1.97. The zero-order valence-electron chi connectivity index (χ0n) is 13.7. The van der Waals surface area contributed by atoms with Crippen molar-refractivity contribution in [2.24, 2.45) is 0 Å². The van der Waals surface area contributed by atoms with Crippen LogP contribution in [0.4, 0.5) is 0 Å². The van der Waals surface area contributed by atoms with Gasteiger partial charge in [0.05, 0.1) is 0 Å². The largest absolute Gasteiger partial charge is 0.0622 e. The number of hydrogen-bond acceptors (Lipinski definition) is 0. The molecule has 4 aromatic rings. The second-order valence-electron chi connectivity index (χ2n) is 6.60. The fraction of sp³-hybridized carbons (Fsp3) is 0.0833. The summed E-state index contributed by atoms with van der Waals surface area (Å²) in [5, 5.41) is 2.75. The van der Waals surface area contributed by atoms with Gasteiger partial charge in [-0.3, -0.25) is 0 Å². The Bertz CT molecular complexity index is 1070. The Hall–Kier alpha value is -2.86. The van der Waals surface area contributed by atoms with Gasteiger partial charge >= 0.3 is 0 Å². The fourth-order valence-electron chi connectivity index (χ4n) is 4.27. The van der Waals surface area contributed by atoms with Crippen molar-refractivity contribution in [3.05, 3.63) is 95.6 Å². The van der Waals surface area contributed by atoms with E-state index in [9.17, 15) is 0 Å². The average molecular weight is 306 g/mol. The zero-order chi connectivity index (χ0) is 16.1. The molecule has 0 atom stereocenters. The van der Waals surface area contributed by atoms with Crippen LogP contribution >= 0.6 is 0 Å². The van der Waals surface area contributed by atoms with Crippen LogP contribution in [0.15, 0.2) is 78.9 Å². The van der Waals surface area contributed by atoms with Gasteiger partial charge in [0.2, 0.25) is 0 Å². The van der Waals surface area contributed by atoms with Gasteiger partial charge in [0.25, 0.3) is 0 Å². The van der Waals surface area contributed by atoms with Crippen LogP contribution in [0.3, 0.4) is 0 Å². The molecule has 4 aromatic carbocycles. The molecule has 0 N–H and O–H groups in total. The predicted octanol–water partition coefficient (Wildman–Crippen LogP) is 6.39. The van der Waals surface area contributed by atoms with Crippen molar-refractivity contribution in [1.29, 1.82) is 0 Å². The molecule has 114 valence electrons. The van der Waals surface area contributed by atoms with Crippen molar-refractivity contribution in [2.45, 2.75) is 13.3 Å². The second kappa shape index (κ2) is 5.07. The summed E-state index contributed by atoms with van der Waals surface area (Å²) in [6.45, 7) is 2.27. The summed E-state index contributed by atoms with van der Waals surface area (Å²) in [6, 6.07) is 28.5. The number of benzene rings is 4.